The molecule has 3 unspecified atom stereocenters. The summed E-state index contributed by atoms with van der Waals surface area (Å²) >= 11 is 0. The van der Waals surface area contributed by atoms with E-state index in [0.717, 1.165) is 16.8 Å². The zero-order chi connectivity index (χ0) is 13.8. The first-order valence-electron chi connectivity index (χ1n) is 6.64. The molecule has 5 N–H and O–H groups in total. The molecule has 0 saturated carbocycles. The summed E-state index contributed by atoms with van der Waals surface area (Å²) in [5.41, 5.74) is 15.2. The van der Waals surface area contributed by atoms with Crippen molar-refractivity contribution in [1.82, 2.24) is 10.9 Å². The van der Waals surface area contributed by atoms with Crippen molar-refractivity contribution < 1.29 is 4.79 Å². The number of carbonyl (C=O) groups is 1. The summed E-state index contributed by atoms with van der Waals surface area (Å²) in [4.78, 5) is 11.9. The van der Waals surface area contributed by atoms with Gasteiger partial charge in [0.2, 0.25) is 5.91 Å². The molecule has 1 aromatic rings. The average molecular weight is 260 g/mol. The highest BCUT2D eigenvalue weighted by Crippen LogP contribution is 2.39. The molecule has 1 aromatic carbocycles. The van der Waals surface area contributed by atoms with Crippen LogP contribution in [-0.2, 0) is 10.2 Å². The molecule has 2 aliphatic rings. The molecule has 1 fully saturated rings. The zero-order valence-corrected chi connectivity index (χ0v) is 11.4. The number of carbonyl (C=O) groups excluding carboxylic acids is 1. The fourth-order valence-electron chi connectivity index (χ4n) is 2.79. The summed E-state index contributed by atoms with van der Waals surface area (Å²) in [5.74, 6) is 0.0508. The Hall–Kier alpha value is -1.43. The molecule has 0 radical (unpaired) electrons. The Kier molecular flexibility index (Phi) is 2.67. The van der Waals surface area contributed by atoms with E-state index >= 15 is 0 Å². The first kappa shape index (κ1) is 12.6. The molecule has 1 amide bonds. The van der Waals surface area contributed by atoms with Gasteiger partial charge in [-0.2, -0.15) is 0 Å². The second-order valence-electron chi connectivity index (χ2n) is 6.02. The zero-order valence-electron chi connectivity index (χ0n) is 11.4. The number of hydrogen-bond donors (Lipinski definition) is 4. The van der Waals surface area contributed by atoms with E-state index in [1.165, 1.54) is 0 Å². The van der Waals surface area contributed by atoms with Gasteiger partial charge in [-0.25, -0.2) is 5.43 Å². The van der Waals surface area contributed by atoms with Gasteiger partial charge in [0.05, 0.1) is 11.5 Å². The Morgan fingerprint density at radius 1 is 1.26 bits per heavy atom. The molecule has 2 aliphatic heterocycles. The van der Waals surface area contributed by atoms with E-state index in [4.69, 9.17) is 5.73 Å². The fraction of sp³-hybridized carbons (Fsp3) is 0.500. The van der Waals surface area contributed by atoms with Gasteiger partial charge in [-0.05, 0) is 38.0 Å². The molecular formula is C14H20N4O. The van der Waals surface area contributed by atoms with E-state index in [9.17, 15) is 4.79 Å². The van der Waals surface area contributed by atoms with Gasteiger partial charge in [-0.3, -0.25) is 10.2 Å². The fourth-order valence-corrected chi connectivity index (χ4v) is 2.79. The minimum absolute atomic E-state index is 0.0197. The third-order valence-corrected chi connectivity index (χ3v) is 4.32. The van der Waals surface area contributed by atoms with Crippen molar-refractivity contribution in [2.24, 2.45) is 5.73 Å². The maximum Gasteiger partial charge on any atom is 0.234 e. The lowest BCUT2D eigenvalue weighted by Crippen LogP contribution is -2.35. The van der Waals surface area contributed by atoms with Crippen LogP contribution >= 0.6 is 0 Å². The summed E-state index contributed by atoms with van der Waals surface area (Å²) < 4.78 is 0. The van der Waals surface area contributed by atoms with Gasteiger partial charge in [0.1, 0.15) is 0 Å². The normalized spacial score (nSPS) is 32.2. The van der Waals surface area contributed by atoms with Crippen LogP contribution in [0.2, 0.25) is 0 Å². The van der Waals surface area contributed by atoms with E-state index < -0.39 is 5.41 Å². The Morgan fingerprint density at radius 2 is 2.00 bits per heavy atom. The van der Waals surface area contributed by atoms with Gasteiger partial charge in [0.15, 0.2) is 0 Å². The second-order valence-corrected chi connectivity index (χ2v) is 6.02. The van der Waals surface area contributed by atoms with E-state index in [-0.39, 0.29) is 24.0 Å². The number of hydrazine groups is 1. The van der Waals surface area contributed by atoms with Gasteiger partial charge >= 0.3 is 0 Å². The number of amides is 1. The maximum atomic E-state index is 11.9. The van der Waals surface area contributed by atoms with Gasteiger partial charge in [-0.1, -0.05) is 12.1 Å². The second kappa shape index (κ2) is 4.03. The lowest BCUT2D eigenvalue weighted by molar-refractivity contribution is -0.119. The van der Waals surface area contributed by atoms with Gasteiger partial charge in [-0.15, -0.1) is 0 Å². The van der Waals surface area contributed by atoms with Gasteiger partial charge in [0.25, 0.3) is 0 Å². The first-order valence-corrected chi connectivity index (χ1v) is 6.64. The van der Waals surface area contributed by atoms with Crippen LogP contribution in [0.3, 0.4) is 0 Å². The molecule has 5 heteroatoms. The quantitative estimate of drug-likeness (QED) is 0.602. The van der Waals surface area contributed by atoms with Gasteiger partial charge < -0.3 is 11.1 Å². The lowest BCUT2D eigenvalue weighted by atomic mass is 9.84. The summed E-state index contributed by atoms with van der Waals surface area (Å²) in [5, 5.41) is 2.92. The highest BCUT2D eigenvalue weighted by atomic mass is 16.2. The molecule has 2 heterocycles. The SMILES string of the molecule is CC1NNC(c2ccc3c(c2)C(C)(C)C(=O)N3)C1N. The third-order valence-electron chi connectivity index (χ3n) is 4.32. The monoisotopic (exact) mass is 260 g/mol. The number of nitrogens with two attached hydrogens (primary N) is 1. The molecule has 0 aliphatic carbocycles. The van der Waals surface area contributed by atoms with Crippen LogP contribution in [0.25, 0.3) is 0 Å². The van der Waals surface area contributed by atoms with Crippen molar-refractivity contribution in [1.29, 1.82) is 0 Å². The molecule has 3 atom stereocenters. The Bertz CT molecular complexity index is 540. The van der Waals surface area contributed by atoms with E-state index in [1.54, 1.807) is 0 Å². The van der Waals surface area contributed by atoms with E-state index in [0.29, 0.717) is 0 Å². The van der Waals surface area contributed by atoms with Crippen LogP contribution in [0, 0.1) is 0 Å². The van der Waals surface area contributed by atoms with Crippen LogP contribution in [0.15, 0.2) is 18.2 Å². The number of rotatable bonds is 1. The van der Waals surface area contributed by atoms with Crippen LogP contribution in [0.1, 0.15) is 37.9 Å². The van der Waals surface area contributed by atoms with Crippen LogP contribution in [-0.4, -0.2) is 18.0 Å². The molecule has 1 saturated heterocycles. The number of nitrogens with one attached hydrogen (secondary N) is 3. The topological polar surface area (TPSA) is 79.2 Å². The highest BCUT2D eigenvalue weighted by molar-refractivity contribution is 6.05. The number of anilines is 1. The molecule has 0 spiro atoms. The molecule has 0 bridgehead atoms. The third kappa shape index (κ3) is 1.77. The highest BCUT2D eigenvalue weighted by Gasteiger charge is 2.39. The van der Waals surface area contributed by atoms with Crippen molar-refractivity contribution >= 4 is 11.6 Å². The summed E-state index contributed by atoms with van der Waals surface area (Å²) in [7, 11) is 0. The Morgan fingerprint density at radius 3 is 2.63 bits per heavy atom. The standard InChI is InChI=1S/C14H20N4O/c1-7-11(15)12(18-17-7)8-4-5-10-9(6-8)14(2,3)13(19)16-10/h4-7,11-12,17-18H,15H2,1-3H3,(H,16,19). The van der Waals surface area contributed by atoms with Crippen molar-refractivity contribution in [3.63, 3.8) is 0 Å². The Labute approximate surface area is 112 Å². The van der Waals surface area contributed by atoms with Gasteiger partial charge in [0, 0.05) is 17.8 Å². The van der Waals surface area contributed by atoms with Crippen molar-refractivity contribution in [2.75, 3.05) is 5.32 Å². The minimum atomic E-state index is -0.479. The lowest BCUT2D eigenvalue weighted by Gasteiger charge is -2.20. The number of benzene rings is 1. The predicted octanol–water partition coefficient (Wildman–Crippen LogP) is 0.781. The van der Waals surface area contributed by atoms with Crippen LogP contribution in [0.4, 0.5) is 5.69 Å². The summed E-state index contributed by atoms with van der Waals surface area (Å²) in [6.07, 6.45) is 0. The minimum Gasteiger partial charge on any atom is -0.325 e. The van der Waals surface area contributed by atoms with E-state index in [1.807, 2.05) is 26.0 Å². The summed E-state index contributed by atoms with van der Waals surface area (Å²) in [6, 6.07) is 6.40. The van der Waals surface area contributed by atoms with Crippen molar-refractivity contribution in [3.05, 3.63) is 29.3 Å². The van der Waals surface area contributed by atoms with Crippen LogP contribution in [0.5, 0.6) is 0 Å². The Balaban J connectivity index is 1.99. The molecule has 5 nitrogen and oxygen atoms in total. The molecule has 0 aromatic heterocycles. The van der Waals surface area contributed by atoms with Crippen molar-refractivity contribution in [2.45, 2.75) is 44.3 Å². The molecule has 102 valence electrons. The smallest absolute Gasteiger partial charge is 0.234 e. The molecule has 3 rings (SSSR count). The van der Waals surface area contributed by atoms with Crippen LogP contribution < -0.4 is 21.9 Å². The largest absolute Gasteiger partial charge is 0.325 e. The molecular weight excluding hydrogens is 240 g/mol. The predicted molar refractivity (Wildman–Crippen MR) is 74.5 cm³/mol. The summed E-state index contributed by atoms with van der Waals surface area (Å²) in [6.45, 7) is 5.95. The van der Waals surface area contributed by atoms with Crippen molar-refractivity contribution in [3.8, 4) is 0 Å². The van der Waals surface area contributed by atoms with E-state index in [2.05, 4.69) is 29.2 Å². The number of hydrogen-bond acceptors (Lipinski definition) is 4. The molecule has 19 heavy (non-hydrogen) atoms. The maximum absolute atomic E-state index is 11.9. The average Bonchev–Trinajstić information content (AvgIpc) is 2.80. The number of fused-ring (bicyclic) bond motifs is 1. The first-order chi connectivity index (χ1) is 8.91.